The van der Waals surface area contributed by atoms with E-state index < -0.39 is 0 Å². The summed E-state index contributed by atoms with van der Waals surface area (Å²) in [5, 5.41) is 0. The molecular formula is C67H74FeOS8+2. The topological polar surface area (TPSA) is 17.1 Å². The second kappa shape index (κ2) is 31.9. The monoisotopic (exact) mass is 1210 g/mol. The molecule has 2 aliphatic carbocycles. The fraction of sp³-hybridized carbons (Fsp3) is 0.358. The Hall–Kier alpha value is -2.21. The smallest absolute Gasteiger partial charge is 0.297 e. The molecule has 10 radical (unpaired) electrons. The van der Waals surface area contributed by atoms with Crippen LogP contribution in [0.15, 0.2) is 72.8 Å². The molecule has 0 aliphatic heterocycles. The molecule has 0 spiro atoms. The number of rotatable bonds is 29. The number of carbonyl (C=O) groups excluding carboxylic acids is 1. The summed E-state index contributed by atoms with van der Waals surface area (Å²) < 4.78 is 0. The Labute approximate surface area is 506 Å². The van der Waals surface area contributed by atoms with Gasteiger partial charge >= 0.3 is 17.1 Å². The van der Waals surface area contributed by atoms with E-state index in [9.17, 15) is 4.79 Å². The second-order valence-corrected chi connectivity index (χ2v) is 28.6. The molecule has 8 aromatic rings. The molecule has 0 bridgehead atoms. The van der Waals surface area contributed by atoms with Gasteiger partial charge in [0, 0.05) is 79.1 Å². The first-order chi connectivity index (χ1) is 37.5. The van der Waals surface area contributed by atoms with Crippen LogP contribution in [0.25, 0.3) is 68.3 Å². The SMILES string of the molecule is CCCCCCc1cc(C=O)sc1-c1ccc(-c2ccc(-c3sc(-c4cc(CCCCCC)c(-c5ccc(-c6ccc(-c7sc([C]8[CH][CH][CH][CH]8)cc7CCCCCC)s6)s5)s4)cc3CCCCCC)s2)s1.[CH]1[CH][CH][CH][CH]1.[Fe+2]. The zero-order valence-electron chi connectivity index (χ0n) is 45.4. The van der Waals surface area contributed by atoms with Gasteiger partial charge in [-0.1, -0.05) is 105 Å². The zero-order chi connectivity index (χ0) is 52.5. The summed E-state index contributed by atoms with van der Waals surface area (Å²) in [6.45, 7) is 9.19. The van der Waals surface area contributed by atoms with Gasteiger partial charge in [0.2, 0.25) is 0 Å². The van der Waals surface area contributed by atoms with E-state index in [1.54, 1.807) is 11.3 Å². The van der Waals surface area contributed by atoms with Crippen LogP contribution in [-0.4, -0.2) is 6.29 Å². The molecule has 0 atom stereocenters. The molecule has 402 valence electrons. The summed E-state index contributed by atoms with van der Waals surface area (Å²) in [7, 11) is 0. The van der Waals surface area contributed by atoms with Crippen molar-refractivity contribution in [1.82, 2.24) is 0 Å². The Balaban J connectivity index is 0.00000124. The van der Waals surface area contributed by atoms with Crippen LogP contribution in [0.4, 0.5) is 0 Å². The molecule has 77 heavy (non-hydrogen) atoms. The van der Waals surface area contributed by atoms with Gasteiger partial charge in [-0.25, -0.2) is 0 Å². The first kappa shape index (κ1) is 60.9. The van der Waals surface area contributed by atoms with Gasteiger partial charge < -0.3 is 0 Å². The molecule has 0 N–H and O–H groups in total. The van der Waals surface area contributed by atoms with Crippen molar-refractivity contribution in [3.63, 3.8) is 0 Å². The van der Waals surface area contributed by atoms with Gasteiger partial charge in [0.15, 0.2) is 6.29 Å². The quantitative estimate of drug-likeness (QED) is 0.0259. The number of hydrogen-bond donors (Lipinski definition) is 0. The molecule has 0 aromatic carbocycles. The molecule has 0 amide bonds. The van der Waals surface area contributed by atoms with E-state index in [1.165, 1.54) is 204 Å². The van der Waals surface area contributed by atoms with E-state index in [1.807, 2.05) is 111 Å². The maximum Gasteiger partial charge on any atom is 2.00 e. The van der Waals surface area contributed by atoms with E-state index in [-0.39, 0.29) is 17.1 Å². The van der Waals surface area contributed by atoms with Gasteiger partial charge in [-0.15, -0.1) is 90.7 Å². The van der Waals surface area contributed by atoms with Crippen molar-refractivity contribution >= 4 is 97.0 Å². The first-order valence-electron chi connectivity index (χ1n) is 28.2. The van der Waals surface area contributed by atoms with Crippen LogP contribution in [0.3, 0.4) is 0 Å². The van der Waals surface area contributed by atoms with Crippen molar-refractivity contribution in [2.24, 2.45) is 0 Å². The van der Waals surface area contributed by atoms with Gasteiger partial charge in [0.25, 0.3) is 0 Å². The standard InChI is InChI=1S/C62H69OS8.C5H5.Fe/c1-5-9-13-17-25-43-37-47(41-63)64-59(43)52-33-29-48(65-52)49-31-35-54(67-49)61-45(27-19-15-11-7-3)39-57(70-61)58-40-46(28-20-16-12-8-4)62(71-58)55-36-32-51(68-55)50-30-34-53(66-50)60-44(26-18-14-10-6-2)38-56(69-60)42-23-21-22-24-42;1-2-4-5-3-1;/h21-24,29-41H,5-20,25-28H2,1-4H3;1-5H;/q;;+2. The largest absolute Gasteiger partial charge is 2.00 e. The zero-order valence-corrected chi connectivity index (χ0v) is 53.0. The molecule has 2 aliphatic rings. The van der Waals surface area contributed by atoms with Gasteiger partial charge in [0.1, 0.15) is 0 Å². The van der Waals surface area contributed by atoms with Crippen LogP contribution in [0.2, 0.25) is 0 Å². The molecule has 10 rings (SSSR count). The summed E-state index contributed by atoms with van der Waals surface area (Å²) in [6.07, 6.45) is 44.6. The average molecular weight is 1210 g/mol. The molecule has 1 nitrogen and oxygen atoms in total. The second-order valence-electron chi connectivity index (χ2n) is 20.1. The predicted octanol–water partition coefficient (Wildman–Crippen LogP) is 23.9. The van der Waals surface area contributed by atoms with E-state index in [0.717, 1.165) is 36.8 Å². The van der Waals surface area contributed by atoms with Crippen LogP contribution in [-0.2, 0) is 42.8 Å². The Morgan fingerprint density at radius 2 is 0.610 bits per heavy atom. The Morgan fingerprint density at radius 1 is 0.312 bits per heavy atom. The Kier molecular flexibility index (Phi) is 25.2. The van der Waals surface area contributed by atoms with Gasteiger partial charge in [-0.3, -0.25) is 4.79 Å². The Bertz CT molecular complexity index is 2970. The molecule has 8 aromatic heterocycles. The summed E-state index contributed by atoms with van der Waals surface area (Å²) in [5.41, 5.74) is 5.89. The van der Waals surface area contributed by atoms with Gasteiger partial charge in [0.05, 0.1) is 4.88 Å². The number of aldehydes is 1. The molecule has 10 heteroatoms. The summed E-state index contributed by atoms with van der Waals surface area (Å²) in [6, 6.07) is 28.7. The van der Waals surface area contributed by atoms with Crippen LogP contribution < -0.4 is 0 Å². The number of unbranched alkanes of at least 4 members (excludes halogenated alkanes) is 12. The fourth-order valence-corrected chi connectivity index (χ4v) is 19.5. The van der Waals surface area contributed by atoms with Crippen LogP contribution in [0.5, 0.6) is 0 Å². The minimum Gasteiger partial charge on any atom is -0.297 e. The number of hydrogen-bond acceptors (Lipinski definition) is 9. The minimum atomic E-state index is 0. The maximum atomic E-state index is 11.9. The van der Waals surface area contributed by atoms with E-state index in [2.05, 4.69) is 126 Å². The third-order valence-corrected chi connectivity index (χ3v) is 24.5. The molecule has 2 fully saturated rings. The van der Waals surface area contributed by atoms with Gasteiger partial charge in [-0.2, -0.15) is 0 Å². The van der Waals surface area contributed by atoms with Gasteiger partial charge in [-0.05, 0) is 204 Å². The van der Waals surface area contributed by atoms with E-state index in [0.29, 0.717) is 0 Å². The van der Waals surface area contributed by atoms with Crippen molar-refractivity contribution < 1.29 is 21.9 Å². The normalized spacial score (nSPS) is 13.7. The average Bonchev–Trinajstić information content (AvgIpc) is 4.29. The van der Waals surface area contributed by atoms with Crippen LogP contribution in [0, 0.1) is 63.7 Å². The molecular weight excluding hydrogens is 1130 g/mol. The molecule has 0 unspecified atom stereocenters. The van der Waals surface area contributed by atoms with Crippen LogP contribution >= 0.6 is 90.7 Å². The maximum absolute atomic E-state index is 11.9. The molecule has 0 saturated heterocycles. The van der Waals surface area contributed by atoms with E-state index >= 15 is 0 Å². The number of thiophene rings is 8. The van der Waals surface area contributed by atoms with Crippen LogP contribution in [0.1, 0.15) is 167 Å². The van der Waals surface area contributed by atoms with Crippen molar-refractivity contribution in [2.45, 2.75) is 156 Å². The third-order valence-electron chi connectivity index (χ3n) is 14.1. The summed E-state index contributed by atoms with van der Waals surface area (Å²) in [4.78, 5) is 33.5. The third kappa shape index (κ3) is 16.5. The van der Waals surface area contributed by atoms with Crippen molar-refractivity contribution in [2.75, 3.05) is 0 Å². The number of aryl methyl sites for hydroxylation is 4. The Morgan fingerprint density at radius 3 is 0.948 bits per heavy atom. The summed E-state index contributed by atoms with van der Waals surface area (Å²) >= 11 is 15.5. The van der Waals surface area contributed by atoms with E-state index in [4.69, 9.17) is 0 Å². The minimum absolute atomic E-state index is 0. The molecule has 8 heterocycles. The molecule has 2 saturated carbocycles. The van der Waals surface area contributed by atoms with Crippen molar-refractivity contribution in [3.05, 3.63) is 169 Å². The predicted molar refractivity (Wildman–Crippen MR) is 345 cm³/mol. The number of carbonyl (C=O) groups is 1. The summed E-state index contributed by atoms with van der Waals surface area (Å²) in [5.74, 6) is 1.34. The fourth-order valence-electron chi connectivity index (χ4n) is 9.95. The van der Waals surface area contributed by atoms with Crippen molar-refractivity contribution in [3.8, 4) is 68.3 Å². The first-order valence-corrected chi connectivity index (χ1v) is 34.8. The van der Waals surface area contributed by atoms with Crippen molar-refractivity contribution in [1.29, 1.82) is 0 Å².